The number of nitrogen functional groups attached to an aromatic ring is 1. The molecule has 1 aromatic carbocycles. The molecule has 0 fully saturated rings. The molecule has 0 aliphatic carbocycles. The summed E-state index contributed by atoms with van der Waals surface area (Å²) in [6.45, 7) is 0. The summed E-state index contributed by atoms with van der Waals surface area (Å²) in [5.41, 5.74) is 7.53. The molecule has 88 valence electrons. The molecule has 0 atom stereocenters. The maximum atomic E-state index is 5.82. The lowest BCUT2D eigenvalue weighted by molar-refractivity contribution is 0.392. The number of anilines is 1. The van der Waals surface area contributed by atoms with Gasteiger partial charge in [0.05, 0.1) is 18.2 Å². The second-order valence-electron chi connectivity index (χ2n) is 3.60. The maximum Gasteiger partial charge on any atom is 0.138 e. The van der Waals surface area contributed by atoms with Gasteiger partial charge in [0.15, 0.2) is 0 Å². The van der Waals surface area contributed by atoms with Crippen LogP contribution in [0.5, 0.6) is 11.5 Å². The molecule has 0 bridgehead atoms. The van der Waals surface area contributed by atoms with Crippen LogP contribution in [0, 0.1) is 0 Å². The molecule has 3 rings (SSSR count). The fourth-order valence-electron chi connectivity index (χ4n) is 1.81. The molecule has 2 heterocycles. The summed E-state index contributed by atoms with van der Waals surface area (Å²) in [5, 5.41) is 6.63. The smallest absolute Gasteiger partial charge is 0.138 e. The van der Waals surface area contributed by atoms with Crippen molar-refractivity contribution < 1.29 is 9.47 Å². The molecule has 1 aliphatic heterocycles. The van der Waals surface area contributed by atoms with Gasteiger partial charge in [0.25, 0.3) is 0 Å². The van der Waals surface area contributed by atoms with Crippen molar-refractivity contribution in [3.63, 3.8) is 0 Å². The second-order valence-corrected chi connectivity index (χ2v) is 4.57. The zero-order valence-electron chi connectivity index (χ0n) is 9.19. The highest BCUT2D eigenvalue weighted by Crippen LogP contribution is 2.44. The minimum atomic E-state index is 0.522. The predicted octanol–water partition coefficient (Wildman–Crippen LogP) is 2.11. The van der Waals surface area contributed by atoms with E-state index in [1.54, 1.807) is 25.1 Å². The number of benzene rings is 1. The van der Waals surface area contributed by atoms with Crippen molar-refractivity contribution in [2.75, 3.05) is 18.8 Å². The Morgan fingerprint density at radius 1 is 1.47 bits per heavy atom. The van der Waals surface area contributed by atoms with Crippen LogP contribution in [0.15, 0.2) is 23.2 Å². The zero-order valence-corrected chi connectivity index (χ0v) is 10.0. The molecular formula is C11H11N3O2S. The van der Waals surface area contributed by atoms with E-state index < -0.39 is 0 Å². The van der Waals surface area contributed by atoms with Crippen molar-refractivity contribution in [2.24, 2.45) is 0 Å². The topological polar surface area (TPSA) is 73.2 Å². The maximum absolute atomic E-state index is 5.82. The molecule has 1 aliphatic rings. The van der Waals surface area contributed by atoms with Crippen LogP contribution in [0.25, 0.3) is 11.1 Å². The molecule has 3 N–H and O–H groups in total. The van der Waals surface area contributed by atoms with Crippen LogP contribution >= 0.6 is 11.8 Å². The lowest BCUT2D eigenvalue weighted by Gasteiger charge is -2.09. The average Bonchev–Trinajstić information content (AvgIpc) is 2.94. The van der Waals surface area contributed by atoms with Crippen LogP contribution in [0.3, 0.4) is 0 Å². The molecule has 1 aromatic heterocycles. The first-order valence-electron chi connectivity index (χ1n) is 5.06. The van der Waals surface area contributed by atoms with Crippen molar-refractivity contribution in [3.05, 3.63) is 18.3 Å². The number of aromatic nitrogens is 2. The summed E-state index contributed by atoms with van der Waals surface area (Å²) in [6.07, 6.45) is 1.68. The number of aromatic amines is 1. The number of nitrogens with zero attached hydrogens (tertiary/aromatic N) is 1. The van der Waals surface area contributed by atoms with E-state index >= 15 is 0 Å². The Kier molecular flexibility index (Phi) is 2.36. The monoisotopic (exact) mass is 249 g/mol. The number of fused-ring (bicyclic) bond motifs is 1. The standard InChI is InChI=1S/C11H11N3O2S/c1-15-8-3-10-9(16-5-17-10)2-6(8)7-4-13-14-11(7)12/h2-4H,5H2,1H3,(H3,12,13,14). The minimum absolute atomic E-state index is 0.522. The molecular weight excluding hydrogens is 238 g/mol. The molecule has 2 aromatic rings. The van der Waals surface area contributed by atoms with E-state index in [0.29, 0.717) is 11.8 Å². The van der Waals surface area contributed by atoms with E-state index in [9.17, 15) is 0 Å². The fraction of sp³-hybridized carbons (Fsp3) is 0.182. The molecule has 17 heavy (non-hydrogen) atoms. The molecule has 6 heteroatoms. The molecule has 0 saturated carbocycles. The number of rotatable bonds is 2. The van der Waals surface area contributed by atoms with Crippen LogP contribution in [-0.2, 0) is 0 Å². The molecule has 0 spiro atoms. The number of hydrogen-bond acceptors (Lipinski definition) is 5. The van der Waals surface area contributed by atoms with Crippen LogP contribution in [0.4, 0.5) is 5.82 Å². The van der Waals surface area contributed by atoms with Crippen LogP contribution < -0.4 is 15.2 Å². The number of nitrogens with two attached hydrogens (primary N) is 1. The summed E-state index contributed by atoms with van der Waals surface area (Å²) in [7, 11) is 1.64. The highest BCUT2D eigenvalue weighted by Gasteiger charge is 2.19. The first-order valence-corrected chi connectivity index (χ1v) is 6.05. The Bertz CT molecular complexity index is 568. The van der Waals surface area contributed by atoms with Gasteiger partial charge in [-0.25, -0.2) is 0 Å². The predicted molar refractivity (Wildman–Crippen MR) is 66.3 cm³/mol. The quantitative estimate of drug-likeness (QED) is 0.852. The second kappa shape index (κ2) is 3.89. The van der Waals surface area contributed by atoms with Crippen molar-refractivity contribution >= 4 is 17.6 Å². The van der Waals surface area contributed by atoms with E-state index in [1.165, 1.54) is 0 Å². The minimum Gasteiger partial charge on any atom is -0.496 e. The van der Waals surface area contributed by atoms with Gasteiger partial charge in [-0.3, -0.25) is 5.10 Å². The average molecular weight is 249 g/mol. The Labute approximate surface area is 102 Å². The molecule has 5 nitrogen and oxygen atoms in total. The highest BCUT2D eigenvalue weighted by atomic mass is 32.2. The van der Waals surface area contributed by atoms with E-state index in [0.717, 1.165) is 27.5 Å². The number of thioether (sulfide) groups is 1. The third kappa shape index (κ3) is 1.61. The number of hydrogen-bond donors (Lipinski definition) is 2. The van der Waals surface area contributed by atoms with Crippen molar-refractivity contribution in [1.29, 1.82) is 0 Å². The molecule has 0 unspecified atom stereocenters. The van der Waals surface area contributed by atoms with Gasteiger partial charge in [-0.05, 0) is 12.1 Å². The number of H-pyrrole nitrogens is 1. The van der Waals surface area contributed by atoms with Gasteiger partial charge in [-0.1, -0.05) is 11.8 Å². The largest absolute Gasteiger partial charge is 0.496 e. The third-order valence-corrected chi connectivity index (χ3v) is 3.52. The van der Waals surface area contributed by atoms with Crippen molar-refractivity contribution in [1.82, 2.24) is 10.2 Å². The SMILES string of the molecule is COc1cc2c(cc1-c1cn[nH]c1N)OCS2. The molecule has 0 radical (unpaired) electrons. The fourth-order valence-corrected chi connectivity index (χ4v) is 2.58. The molecule has 0 amide bonds. The first kappa shape index (κ1) is 10.3. The van der Waals surface area contributed by atoms with Gasteiger partial charge in [0.1, 0.15) is 23.3 Å². The number of ether oxygens (including phenoxy) is 2. The van der Waals surface area contributed by atoms with Crippen molar-refractivity contribution in [3.8, 4) is 22.6 Å². The summed E-state index contributed by atoms with van der Waals surface area (Å²) < 4.78 is 10.9. The lowest BCUT2D eigenvalue weighted by atomic mass is 10.1. The Balaban J connectivity index is 2.19. The Hall–Kier alpha value is -1.82. The Morgan fingerprint density at radius 3 is 3.06 bits per heavy atom. The van der Waals surface area contributed by atoms with Gasteiger partial charge in [0, 0.05) is 11.1 Å². The zero-order chi connectivity index (χ0) is 11.8. The Morgan fingerprint density at radius 2 is 2.35 bits per heavy atom. The van der Waals surface area contributed by atoms with Gasteiger partial charge >= 0.3 is 0 Å². The van der Waals surface area contributed by atoms with E-state index in [4.69, 9.17) is 15.2 Å². The third-order valence-electron chi connectivity index (χ3n) is 2.65. The first-order chi connectivity index (χ1) is 8.29. The lowest BCUT2D eigenvalue weighted by Crippen LogP contribution is -1.92. The van der Waals surface area contributed by atoms with Gasteiger partial charge in [-0.2, -0.15) is 5.10 Å². The number of nitrogens with one attached hydrogen (secondary N) is 1. The molecule has 0 saturated heterocycles. The van der Waals surface area contributed by atoms with Gasteiger partial charge < -0.3 is 15.2 Å². The van der Waals surface area contributed by atoms with Crippen molar-refractivity contribution in [2.45, 2.75) is 4.90 Å². The summed E-state index contributed by atoms with van der Waals surface area (Å²) in [5.74, 6) is 2.80. The van der Waals surface area contributed by atoms with Crippen LogP contribution in [-0.4, -0.2) is 23.2 Å². The van der Waals surface area contributed by atoms with Crippen LogP contribution in [0.2, 0.25) is 0 Å². The summed E-state index contributed by atoms with van der Waals surface area (Å²) >= 11 is 1.65. The normalized spacial score (nSPS) is 13.2. The highest BCUT2D eigenvalue weighted by molar-refractivity contribution is 7.99. The summed E-state index contributed by atoms with van der Waals surface area (Å²) in [6, 6.07) is 3.91. The summed E-state index contributed by atoms with van der Waals surface area (Å²) in [4.78, 5) is 1.09. The number of methoxy groups -OCH3 is 1. The van der Waals surface area contributed by atoms with E-state index in [1.807, 2.05) is 12.1 Å². The van der Waals surface area contributed by atoms with E-state index in [2.05, 4.69) is 10.2 Å². The van der Waals surface area contributed by atoms with Gasteiger partial charge in [0.2, 0.25) is 0 Å². The van der Waals surface area contributed by atoms with E-state index in [-0.39, 0.29) is 0 Å². The van der Waals surface area contributed by atoms with Crippen LogP contribution in [0.1, 0.15) is 0 Å². The van der Waals surface area contributed by atoms with Gasteiger partial charge in [-0.15, -0.1) is 0 Å².